The lowest BCUT2D eigenvalue weighted by atomic mass is 9.95. The molecule has 0 aliphatic carbocycles. The maximum absolute atomic E-state index is 5.87. The van der Waals surface area contributed by atoms with E-state index in [9.17, 15) is 0 Å². The van der Waals surface area contributed by atoms with Gasteiger partial charge in [0, 0.05) is 12.6 Å². The van der Waals surface area contributed by atoms with Crippen molar-refractivity contribution < 1.29 is 4.42 Å². The molecule has 1 fully saturated rings. The fraction of sp³-hybridized carbons (Fsp3) is 0.733. The maximum atomic E-state index is 5.87. The Morgan fingerprint density at radius 3 is 2.83 bits per heavy atom. The van der Waals surface area contributed by atoms with E-state index in [1.165, 1.54) is 19.4 Å². The van der Waals surface area contributed by atoms with Gasteiger partial charge in [-0.15, -0.1) is 0 Å². The van der Waals surface area contributed by atoms with Crippen molar-refractivity contribution in [3.63, 3.8) is 0 Å². The molecular formula is C15H26N2O. The molecule has 0 amide bonds. The Kier molecular flexibility index (Phi) is 4.84. The topological polar surface area (TPSA) is 28.4 Å². The molecule has 1 aromatic heterocycles. The molecule has 0 radical (unpaired) electrons. The average molecular weight is 250 g/mol. The van der Waals surface area contributed by atoms with Gasteiger partial charge in [0.15, 0.2) is 0 Å². The number of likely N-dealkylation sites (tertiary alicyclic amines) is 1. The standard InChI is InChI=1S/C15H26N2O/c1-4-16-9-14-7-8-15(18-14)11-17-10-12(2)5-6-13(17)3/h7-8,12-13,16H,4-6,9-11H2,1-3H3. The minimum absolute atomic E-state index is 0.684. The second-order valence-corrected chi connectivity index (χ2v) is 5.61. The van der Waals surface area contributed by atoms with Gasteiger partial charge < -0.3 is 9.73 Å². The molecule has 2 rings (SSSR count). The molecule has 1 N–H and O–H groups in total. The summed E-state index contributed by atoms with van der Waals surface area (Å²) in [6.45, 7) is 10.8. The average Bonchev–Trinajstić information content (AvgIpc) is 2.79. The summed E-state index contributed by atoms with van der Waals surface area (Å²) >= 11 is 0. The Hall–Kier alpha value is -0.800. The normalized spacial score (nSPS) is 25.5. The van der Waals surface area contributed by atoms with E-state index in [0.717, 1.165) is 37.1 Å². The second-order valence-electron chi connectivity index (χ2n) is 5.61. The molecule has 0 saturated carbocycles. The zero-order valence-electron chi connectivity index (χ0n) is 11.9. The number of nitrogens with one attached hydrogen (secondary N) is 1. The highest BCUT2D eigenvalue weighted by atomic mass is 16.3. The highest BCUT2D eigenvalue weighted by molar-refractivity contribution is 5.07. The van der Waals surface area contributed by atoms with E-state index in [4.69, 9.17) is 4.42 Å². The first-order chi connectivity index (χ1) is 8.69. The number of nitrogens with zero attached hydrogens (tertiary/aromatic N) is 1. The van der Waals surface area contributed by atoms with Gasteiger partial charge in [0.05, 0.1) is 13.1 Å². The molecule has 2 heterocycles. The predicted molar refractivity (Wildman–Crippen MR) is 74.4 cm³/mol. The SMILES string of the molecule is CCNCc1ccc(CN2CC(C)CCC2C)o1. The van der Waals surface area contributed by atoms with Gasteiger partial charge in [0.2, 0.25) is 0 Å². The molecule has 102 valence electrons. The van der Waals surface area contributed by atoms with Crippen LogP contribution in [0.15, 0.2) is 16.5 Å². The van der Waals surface area contributed by atoms with Gasteiger partial charge in [-0.05, 0) is 44.4 Å². The maximum Gasteiger partial charge on any atom is 0.118 e. The summed E-state index contributed by atoms with van der Waals surface area (Å²) in [7, 11) is 0. The zero-order chi connectivity index (χ0) is 13.0. The summed E-state index contributed by atoms with van der Waals surface area (Å²) in [6.07, 6.45) is 2.67. The van der Waals surface area contributed by atoms with Crippen LogP contribution < -0.4 is 5.32 Å². The van der Waals surface area contributed by atoms with Crippen molar-refractivity contribution in [3.05, 3.63) is 23.7 Å². The highest BCUT2D eigenvalue weighted by Crippen LogP contribution is 2.23. The summed E-state index contributed by atoms with van der Waals surface area (Å²) in [5.74, 6) is 2.96. The molecule has 1 aliphatic rings. The van der Waals surface area contributed by atoms with Gasteiger partial charge in [-0.3, -0.25) is 4.90 Å². The first-order valence-corrected chi connectivity index (χ1v) is 7.21. The third kappa shape index (κ3) is 3.59. The number of piperidine rings is 1. The lowest BCUT2D eigenvalue weighted by Gasteiger charge is -2.36. The van der Waals surface area contributed by atoms with Crippen LogP contribution in [0, 0.1) is 5.92 Å². The molecule has 18 heavy (non-hydrogen) atoms. The summed E-state index contributed by atoms with van der Waals surface area (Å²) < 4.78 is 5.87. The molecule has 2 unspecified atom stereocenters. The van der Waals surface area contributed by atoms with Crippen molar-refractivity contribution >= 4 is 0 Å². The summed E-state index contributed by atoms with van der Waals surface area (Å²) in [5, 5.41) is 3.29. The number of furan rings is 1. The van der Waals surface area contributed by atoms with Crippen LogP contribution in [0.4, 0.5) is 0 Å². The van der Waals surface area contributed by atoms with Crippen molar-refractivity contribution in [3.8, 4) is 0 Å². The van der Waals surface area contributed by atoms with Crippen LogP contribution in [-0.4, -0.2) is 24.0 Å². The molecular weight excluding hydrogens is 224 g/mol. The van der Waals surface area contributed by atoms with E-state index in [1.54, 1.807) is 0 Å². The van der Waals surface area contributed by atoms with Gasteiger partial charge >= 0.3 is 0 Å². The molecule has 3 heteroatoms. The fourth-order valence-electron chi connectivity index (χ4n) is 2.65. The lowest BCUT2D eigenvalue weighted by molar-refractivity contribution is 0.108. The first-order valence-electron chi connectivity index (χ1n) is 7.21. The van der Waals surface area contributed by atoms with E-state index < -0.39 is 0 Å². The van der Waals surface area contributed by atoms with Crippen LogP contribution in [0.3, 0.4) is 0 Å². The number of rotatable bonds is 5. The third-order valence-electron chi connectivity index (χ3n) is 3.87. The van der Waals surface area contributed by atoms with Crippen LogP contribution in [0.5, 0.6) is 0 Å². The quantitative estimate of drug-likeness (QED) is 0.871. The predicted octanol–water partition coefficient (Wildman–Crippen LogP) is 3.01. The van der Waals surface area contributed by atoms with E-state index in [2.05, 4.69) is 43.1 Å². The lowest BCUT2D eigenvalue weighted by Crippen LogP contribution is -2.40. The number of hydrogen-bond donors (Lipinski definition) is 1. The fourth-order valence-corrected chi connectivity index (χ4v) is 2.65. The second kappa shape index (κ2) is 6.39. The Morgan fingerprint density at radius 2 is 2.06 bits per heavy atom. The molecule has 3 nitrogen and oxygen atoms in total. The third-order valence-corrected chi connectivity index (χ3v) is 3.87. The highest BCUT2D eigenvalue weighted by Gasteiger charge is 2.23. The minimum atomic E-state index is 0.684. The monoisotopic (exact) mass is 250 g/mol. The van der Waals surface area contributed by atoms with Crippen LogP contribution in [-0.2, 0) is 13.1 Å². The molecule has 1 saturated heterocycles. The van der Waals surface area contributed by atoms with Crippen molar-refractivity contribution in [1.29, 1.82) is 0 Å². The number of hydrogen-bond acceptors (Lipinski definition) is 3. The largest absolute Gasteiger partial charge is 0.463 e. The van der Waals surface area contributed by atoms with E-state index in [1.807, 2.05) is 0 Å². The zero-order valence-corrected chi connectivity index (χ0v) is 11.9. The van der Waals surface area contributed by atoms with E-state index in [-0.39, 0.29) is 0 Å². The van der Waals surface area contributed by atoms with Gasteiger partial charge in [-0.1, -0.05) is 13.8 Å². The van der Waals surface area contributed by atoms with Crippen molar-refractivity contribution in [2.75, 3.05) is 13.1 Å². The van der Waals surface area contributed by atoms with E-state index >= 15 is 0 Å². The Bertz CT molecular complexity index is 361. The van der Waals surface area contributed by atoms with Gasteiger partial charge in [-0.2, -0.15) is 0 Å². The molecule has 1 aromatic rings. The summed E-state index contributed by atoms with van der Waals surface area (Å²) in [5.41, 5.74) is 0. The Labute approximate surface area is 111 Å². The van der Waals surface area contributed by atoms with Crippen LogP contribution in [0.2, 0.25) is 0 Å². The van der Waals surface area contributed by atoms with Gasteiger partial charge in [0.1, 0.15) is 11.5 Å². The molecule has 0 aromatic carbocycles. The minimum Gasteiger partial charge on any atom is -0.463 e. The summed E-state index contributed by atoms with van der Waals surface area (Å²) in [4.78, 5) is 2.55. The van der Waals surface area contributed by atoms with Crippen molar-refractivity contribution in [2.45, 2.75) is 52.7 Å². The summed E-state index contributed by atoms with van der Waals surface area (Å²) in [6, 6.07) is 4.90. The van der Waals surface area contributed by atoms with Crippen LogP contribution in [0.1, 0.15) is 45.1 Å². The molecule has 1 aliphatic heterocycles. The smallest absolute Gasteiger partial charge is 0.118 e. The van der Waals surface area contributed by atoms with E-state index in [0.29, 0.717) is 6.04 Å². The first kappa shape index (κ1) is 13.6. The Morgan fingerprint density at radius 1 is 1.28 bits per heavy atom. The van der Waals surface area contributed by atoms with Gasteiger partial charge in [-0.25, -0.2) is 0 Å². The molecule has 0 bridgehead atoms. The van der Waals surface area contributed by atoms with Gasteiger partial charge in [0.25, 0.3) is 0 Å². The molecule has 0 spiro atoms. The van der Waals surface area contributed by atoms with Crippen LogP contribution >= 0.6 is 0 Å². The van der Waals surface area contributed by atoms with Crippen molar-refractivity contribution in [1.82, 2.24) is 10.2 Å². The molecule has 2 atom stereocenters. The Balaban J connectivity index is 1.89. The van der Waals surface area contributed by atoms with Crippen molar-refractivity contribution in [2.24, 2.45) is 5.92 Å². The van der Waals surface area contributed by atoms with Crippen LogP contribution in [0.25, 0.3) is 0 Å².